The number of anilines is 1. The Hall–Kier alpha value is -3.42. The van der Waals surface area contributed by atoms with Gasteiger partial charge in [-0.05, 0) is 60.9 Å². The predicted molar refractivity (Wildman–Crippen MR) is 133 cm³/mol. The van der Waals surface area contributed by atoms with Crippen LogP contribution in [0.15, 0.2) is 72.8 Å². The molecule has 3 aromatic rings. The highest BCUT2D eigenvalue weighted by molar-refractivity contribution is 6.31. The van der Waals surface area contributed by atoms with Crippen LogP contribution in [-0.4, -0.2) is 42.0 Å². The van der Waals surface area contributed by atoms with Crippen molar-refractivity contribution in [3.05, 3.63) is 99.1 Å². The molecule has 1 fully saturated rings. The number of rotatable bonds is 7. The zero-order valence-electron chi connectivity index (χ0n) is 18.9. The van der Waals surface area contributed by atoms with Gasteiger partial charge in [-0.25, -0.2) is 0 Å². The highest BCUT2D eigenvalue weighted by atomic mass is 35.5. The van der Waals surface area contributed by atoms with Crippen LogP contribution in [0.3, 0.4) is 0 Å². The van der Waals surface area contributed by atoms with E-state index in [4.69, 9.17) is 16.3 Å². The number of benzene rings is 3. The van der Waals surface area contributed by atoms with Crippen LogP contribution >= 0.6 is 11.6 Å². The molecule has 1 amide bonds. The number of carbonyl (C=O) groups excluding carboxylic acids is 1. The van der Waals surface area contributed by atoms with Crippen molar-refractivity contribution in [1.82, 2.24) is 4.90 Å². The minimum absolute atomic E-state index is 0.0360. The van der Waals surface area contributed by atoms with Gasteiger partial charge in [-0.1, -0.05) is 29.8 Å². The number of methoxy groups -OCH3 is 1. The van der Waals surface area contributed by atoms with E-state index in [9.17, 15) is 14.9 Å². The molecule has 0 spiro atoms. The van der Waals surface area contributed by atoms with E-state index < -0.39 is 4.92 Å². The fourth-order valence-electron chi connectivity index (χ4n) is 4.33. The molecule has 8 heteroatoms. The van der Waals surface area contributed by atoms with Crippen LogP contribution in [0.25, 0.3) is 0 Å². The van der Waals surface area contributed by atoms with Gasteiger partial charge in [-0.2, -0.15) is 0 Å². The fourth-order valence-corrected chi connectivity index (χ4v) is 4.50. The fraction of sp³-hybridized carbons (Fsp3) is 0.269. The maximum absolute atomic E-state index is 13.6. The van der Waals surface area contributed by atoms with Gasteiger partial charge in [0.25, 0.3) is 11.6 Å². The van der Waals surface area contributed by atoms with E-state index in [-0.39, 0.29) is 17.6 Å². The summed E-state index contributed by atoms with van der Waals surface area (Å²) >= 11 is 6.30. The second-order valence-corrected chi connectivity index (χ2v) is 8.69. The third-order valence-corrected chi connectivity index (χ3v) is 6.52. The number of para-hydroxylation sites is 1. The lowest BCUT2D eigenvalue weighted by Gasteiger charge is -2.38. The number of non-ortho nitro benzene ring substituents is 1. The average Bonchev–Trinajstić information content (AvgIpc) is 2.87. The number of amides is 1. The standard InChI is InChI=1S/C26H26ClN3O4/c1-34-24-10-7-19(8-11-24)26(31)29(21-5-3-2-4-6-21)22-13-15-28(16-14-22)18-20-17-23(30(32)33)9-12-25(20)27/h2-12,17,22H,13-16,18H2,1H3. The first-order chi connectivity index (χ1) is 16.5. The maximum atomic E-state index is 13.6. The Balaban J connectivity index is 1.49. The summed E-state index contributed by atoms with van der Waals surface area (Å²) in [6, 6.07) is 21.4. The number of carbonyl (C=O) groups is 1. The quantitative estimate of drug-likeness (QED) is 0.327. The van der Waals surface area contributed by atoms with Gasteiger partial charge in [0.05, 0.1) is 12.0 Å². The molecule has 7 nitrogen and oxygen atoms in total. The summed E-state index contributed by atoms with van der Waals surface area (Å²) in [6.45, 7) is 2.04. The van der Waals surface area contributed by atoms with Crippen LogP contribution in [-0.2, 0) is 6.54 Å². The third-order valence-electron chi connectivity index (χ3n) is 6.15. The largest absolute Gasteiger partial charge is 0.497 e. The number of nitro groups is 1. The summed E-state index contributed by atoms with van der Waals surface area (Å²) in [6.07, 6.45) is 1.56. The SMILES string of the molecule is COc1ccc(C(=O)N(c2ccccc2)C2CCN(Cc3cc([N+](=O)[O-])ccc3Cl)CC2)cc1. The molecule has 34 heavy (non-hydrogen) atoms. The molecule has 0 N–H and O–H groups in total. The minimum Gasteiger partial charge on any atom is -0.497 e. The Bertz CT molecular complexity index is 1150. The van der Waals surface area contributed by atoms with Crippen molar-refractivity contribution in [3.63, 3.8) is 0 Å². The molecule has 1 aliphatic rings. The van der Waals surface area contributed by atoms with E-state index in [1.807, 2.05) is 35.2 Å². The molecule has 0 radical (unpaired) electrons. The number of ether oxygens (including phenoxy) is 1. The Labute approximate surface area is 203 Å². The van der Waals surface area contributed by atoms with Crippen molar-refractivity contribution in [2.45, 2.75) is 25.4 Å². The highest BCUT2D eigenvalue weighted by Gasteiger charge is 2.30. The maximum Gasteiger partial charge on any atom is 0.269 e. The topological polar surface area (TPSA) is 75.9 Å². The van der Waals surface area contributed by atoms with E-state index in [1.54, 1.807) is 37.4 Å². The summed E-state index contributed by atoms with van der Waals surface area (Å²) in [5, 5.41) is 11.7. The van der Waals surface area contributed by atoms with Crippen molar-refractivity contribution in [2.75, 3.05) is 25.1 Å². The first-order valence-corrected chi connectivity index (χ1v) is 11.5. The Morgan fingerprint density at radius 3 is 2.38 bits per heavy atom. The molecule has 176 valence electrons. The molecule has 0 bridgehead atoms. The predicted octanol–water partition coefficient (Wildman–Crippen LogP) is 5.57. The lowest BCUT2D eigenvalue weighted by molar-refractivity contribution is -0.384. The first-order valence-electron chi connectivity index (χ1n) is 11.1. The van der Waals surface area contributed by atoms with Gasteiger partial charge in [0.1, 0.15) is 5.75 Å². The lowest BCUT2D eigenvalue weighted by atomic mass is 10.00. The molecule has 1 aliphatic heterocycles. The third kappa shape index (κ3) is 5.38. The van der Waals surface area contributed by atoms with Crippen LogP contribution in [0.4, 0.5) is 11.4 Å². The van der Waals surface area contributed by atoms with E-state index in [0.29, 0.717) is 22.9 Å². The Morgan fingerprint density at radius 2 is 1.76 bits per heavy atom. The number of hydrogen-bond donors (Lipinski definition) is 0. The van der Waals surface area contributed by atoms with Crippen LogP contribution in [0.5, 0.6) is 5.75 Å². The van der Waals surface area contributed by atoms with Gasteiger partial charge in [-0.3, -0.25) is 19.8 Å². The van der Waals surface area contributed by atoms with Crippen LogP contribution in [0.1, 0.15) is 28.8 Å². The molecular formula is C26H26ClN3O4. The molecule has 0 unspecified atom stereocenters. The van der Waals surface area contributed by atoms with Crippen LogP contribution < -0.4 is 9.64 Å². The normalized spacial score (nSPS) is 14.5. The number of likely N-dealkylation sites (tertiary alicyclic amines) is 1. The molecule has 3 aromatic carbocycles. The van der Waals surface area contributed by atoms with Gasteiger partial charge < -0.3 is 9.64 Å². The average molecular weight is 480 g/mol. The van der Waals surface area contributed by atoms with Gasteiger partial charge in [0.15, 0.2) is 0 Å². The number of nitro benzene ring substituents is 1. The van der Waals surface area contributed by atoms with Gasteiger partial charge >= 0.3 is 0 Å². The molecule has 4 rings (SSSR count). The number of piperidine rings is 1. The molecule has 0 saturated carbocycles. The van der Waals surface area contributed by atoms with E-state index in [1.165, 1.54) is 12.1 Å². The smallest absolute Gasteiger partial charge is 0.269 e. The van der Waals surface area contributed by atoms with Crippen LogP contribution in [0.2, 0.25) is 5.02 Å². The summed E-state index contributed by atoms with van der Waals surface area (Å²) in [4.78, 5) is 28.4. The summed E-state index contributed by atoms with van der Waals surface area (Å²) in [5.74, 6) is 0.657. The number of hydrogen-bond acceptors (Lipinski definition) is 5. The van der Waals surface area contributed by atoms with Crippen LogP contribution in [0, 0.1) is 10.1 Å². The molecular weight excluding hydrogens is 454 g/mol. The highest BCUT2D eigenvalue weighted by Crippen LogP contribution is 2.29. The van der Waals surface area contributed by atoms with Crippen molar-refractivity contribution in [2.24, 2.45) is 0 Å². The number of halogens is 1. The second-order valence-electron chi connectivity index (χ2n) is 8.28. The van der Waals surface area contributed by atoms with Gasteiger partial charge in [-0.15, -0.1) is 0 Å². The molecule has 1 heterocycles. The van der Waals surface area contributed by atoms with Crippen molar-refractivity contribution < 1.29 is 14.5 Å². The second kappa shape index (κ2) is 10.7. The van der Waals surface area contributed by atoms with E-state index in [2.05, 4.69) is 4.90 Å². The Morgan fingerprint density at radius 1 is 1.09 bits per heavy atom. The first kappa shape index (κ1) is 23.7. The molecule has 1 saturated heterocycles. The molecule has 0 aliphatic carbocycles. The van der Waals surface area contributed by atoms with Crippen molar-refractivity contribution in [3.8, 4) is 5.75 Å². The summed E-state index contributed by atoms with van der Waals surface area (Å²) < 4.78 is 5.22. The summed E-state index contributed by atoms with van der Waals surface area (Å²) in [7, 11) is 1.60. The van der Waals surface area contributed by atoms with E-state index in [0.717, 1.165) is 37.2 Å². The zero-order chi connectivity index (χ0) is 24.1. The lowest BCUT2D eigenvalue weighted by Crippen LogP contribution is -2.47. The Kier molecular flexibility index (Phi) is 7.45. The van der Waals surface area contributed by atoms with Crippen molar-refractivity contribution in [1.29, 1.82) is 0 Å². The van der Waals surface area contributed by atoms with Gasteiger partial charge in [0.2, 0.25) is 0 Å². The van der Waals surface area contributed by atoms with Gasteiger partial charge in [0, 0.05) is 54.1 Å². The summed E-state index contributed by atoms with van der Waals surface area (Å²) in [5.41, 5.74) is 2.25. The monoisotopic (exact) mass is 479 g/mol. The minimum atomic E-state index is -0.408. The molecule has 0 atom stereocenters. The van der Waals surface area contributed by atoms with Crippen molar-refractivity contribution >= 4 is 28.9 Å². The van der Waals surface area contributed by atoms with E-state index >= 15 is 0 Å². The number of nitrogens with zero attached hydrogens (tertiary/aromatic N) is 3. The zero-order valence-corrected chi connectivity index (χ0v) is 19.6. The molecule has 0 aromatic heterocycles.